The highest BCUT2D eigenvalue weighted by atomic mass is 16.5. The number of hydrogen-bond donors (Lipinski definition) is 1. The zero-order chi connectivity index (χ0) is 27.4. The highest BCUT2D eigenvalue weighted by Crippen LogP contribution is 2.36. The molecule has 10 nitrogen and oxygen atoms in total. The number of hydrogen-bond acceptors (Lipinski definition) is 8. The van der Waals surface area contributed by atoms with Crippen molar-refractivity contribution in [3.05, 3.63) is 66.8 Å². The Bertz CT molecular complexity index is 1470. The Balaban J connectivity index is 1.75. The van der Waals surface area contributed by atoms with Crippen molar-refractivity contribution in [1.82, 2.24) is 19.4 Å². The molecule has 1 saturated heterocycles. The Kier molecular flexibility index (Phi) is 7.67. The first kappa shape index (κ1) is 26.3. The molecule has 0 radical (unpaired) electrons. The van der Waals surface area contributed by atoms with E-state index in [9.17, 15) is 4.79 Å². The Morgan fingerprint density at radius 2 is 1.92 bits per heavy atom. The standard InChI is InChI=1S/C28H30N6O4/c1-7-25(35)34-15-21(12-24(34)17(2)38-18(3)30-4)33-14-20(26-27(29)31-16-32-28(26)33)9-8-19-10-22(36-5)13-23(11-19)37-6/h7,10-11,13-14,16,21,24H,1-2,12,15H2,3-6H3,(H2,29,31,32)/t21-,24-/m0/s1. The molecule has 1 amide bonds. The van der Waals surface area contributed by atoms with Crippen LogP contribution in [0.2, 0.25) is 0 Å². The molecule has 1 aliphatic heterocycles. The van der Waals surface area contributed by atoms with Crippen LogP contribution in [0.5, 0.6) is 11.5 Å². The molecule has 10 heteroatoms. The predicted molar refractivity (Wildman–Crippen MR) is 146 cm³/mol. The summed E-state index contributed by atoms with van der Waals surface area (Å²) in [5, 5.41) is 0.643. The predicted octanol–water partition coefficient (Wildman–Crippen LogP) is 3.34. The molecular weight excluding hydrogens is 484 g/mol. The third kappa shape index (κ3) is 5.18. The number of rotatable bonds is 6. The first-order valence-electron chi connectivity index (χ1n) is 11.9. The van der Waals surface area contributed by atoms with Crippen molar-refractivity contribution in [1.29, 1.82) is 0 Å². The molecular formula is C28H30N6O4. The van der Waals surface area contributed by atoms with E-state index in [0.717, 1.165) is 0 Å². The van der Waals surface area contributed by atoms with E-state index in [-0.39, 0.29) is 18.0 Å². The van der Waals surface area contributed by atoms with Crippen LogP contribution in [0.15, 0.2) is 60.7 Å². The lowest BCUT2D eigenvalue weighted by atomic mass is 10.1. The van der Waals surface area contributed by atoms with Gasteiger partial charge in [-0.05, 0) is 24.6 Å². The quantitative estimate of drug-likeness (QED) is 0.176. The van der Waals surface area contributed by atoms with Gasteiger partial charge in [0.1, 0.15) is 35.1 Å². The second-order valence-corrected chi connectivity index (χ2v) is 8.67. The lowest BCUT2D eigenvalue weighted by Gasteiger charge is -2.24. The molecule has 1 fully saturated rings. The summed E-state index contributed by atoms with van der Waals surface area (Å²) < 4.78 is 18.5. The highest BCUT2D eigenvalue weighted by molar-refractivity contribution is 5.92. The molecule has 2 aromatic heterocycles. The maximum Gasteiger partial charge on any atom is 0.246 e. The number of likely N-dealkylation sites (tertiary alicyclic amines) is 1. The number of methoxy groups -OCH3 is 2. The number of anilines is 1. The molecule has 1 aliphatic rings. The molecule has 1 aromatic carbocycles. The monoisotopic (exact) mass is 514 g/mol. The minimum absolute atomic E-state index is 0.146. The largest absolute Gasteiger partial charge is 0.497 e. The van der Waals surface area contributed by atoms with E-state index in [2.05, 4.69) is 40.0 Å². The first-order valence-corrected chi connectivity index (χ1v) is 11.9. The van der Waals surface area contributed by atoms with Gasteiger partial charge in [0.2, 0.25) is 5.91 Å². The number of carbonyl (C=O) groups is 1. The summed E-state index contributed by atoms with van der Waals surface area (Å²) in [5.74, 6) is 8.63. The van der Waals surface area contributed by atoms with Crippen LogP contribution in [0.25, 0.3) is 11.0 Å². The van der Waals surface area contributed by atoms with E-state index < -0.39 is 0 Å². The summed E-state index contributed by atoms with van der Waals surface area (Å²) in [4.78, 5) is 27.1. The van der Waals surface area contributed by atoms with Crippen LogP contribution >= 0.6 is 0 Å². The van der Waals surface area contributed by atoms with E-state index in [1.807, 2.05) is 22.9 Å². The minimum atomic E-state index is -0.377. The average Bonchev–Trinajstić information content (AvgIpc) is 3.54. The van der Waals surface area contributed by atoms with Crippen LogP contribution in [0.4, 0.5) is 5.82 Å². The smallest absolute Gasteiger partial charge is 0.246 e. The van der Waals surface area contributed by atoms with Gasteiger partial charge in [0.15, 0.2) is 5.90 Å². The van der Waals surface area contributed by atoms with Crippen LogP contribution < -0.4 is 15.2 Å². The topological polar surface area (TPSA) is 117 Å². The Hall–Kier alpha value is -4.78. The molecule has 2 atom stereocenters. The number of fused-ring (bicyclic) bond motifs is 1. The number of benzene rings is 1. The second-order valence-electron chi connectivity index (χ2n) is 8.67. The fourth-order valence-corrected chi connectivity index (χ4v) is 4.49. The molecule has 0 saturated carbocycles. The van der Waals surface area contributed by atoms with E-state index in [0.29, 0.717) is 64.1 Å². The van der Waals surface area contributed by atoms with Crippen molar-refractivity contribution in [2.75, 3.05) is 33.5 Å². The van der Waals surface area contributed by atoms with E-state index in [4.69, 9.17) is 19.9 Å². The van der Waals surface area contributed by atoms with Gasteiger partial charge in [-0.2, -0.15) is 0 Å². The van der Waals surface area contributed by atoms with Gasteiger partial charge in [-0.25, -0.2) is 9.97 Å². The number of aromatic nitrogens is 3. The lowest BCUT2D eigenvalue weighted by molar-refractivity contribution is -0.126. The molecule has 196 valence electrons. The Labute approximate surface area is 221 Å². The Morgan fingerprint density at radius 1 is 1.21 bits per heavy atom. The van der Waals surface area contributed by atoms with Gasteiger partial charge in [-0.15, -0.1) is 0 Å². The third-order valence-electron chi connectivity index (χ3n) is 6.43. The van der Waals surface area contributed by atoms with Gasteiger partial charge in [0, 0.05) is 38.3 Å². The van der Waals surface area contributed by atoms with Gasteiger partial charge in [-0.3, -0.25) is 9.79 Å². The van der Waals surface area contributed by atoms with Crippen molar-refractivity contribution in [3.63, 3.8) is 0 Å². The van der Waals surface area contributed by atoms with E-state index in [1.165, 1.54) is 12.4 Å². The summed E-state index contributed by atoms with van der Waals surface area (Å²) in [5.41, 5.74) is 8.27. The molecule has 4 rings (SSSR count). The maximum atomic E-state index is 12.7. The van der Waals surface area contributed by atoms with Gasteiger partial charge >= 0.3 is 0 Å². The van der Waals surface area contributed by atoms with E-state index >= 15 is 0 Å². The number of aliphatic imine (C=N–C) groups is 1. The van der Waals surface area contributed by atoms with Crippen molar-refractivity contribution in [2.45, 2.75) is 25.4 Å². The molecule has 0 bridgehead atoms. The average molecular weight is 515 g/mol. The molecule has 0 spiro atoms. The molecule has 2 N–H and O–H groups in total. The van der Waals surface area contributed by atoms with Crippen molar-refractivity contribution < 1.29 is 19.0 Å². The number of nitrogens with zero attached hydrogens (tertiary/aromatic N) is 5. The third-order valence-corrected chi connectivity index (χ3v) is 6.43. The summed E-state index contributed by atoms with van der Waals surface area (Å²) in [7, 11) is 4.80. The van der Waals surface area contributed by atoms with Crippen LogP contribution in [0.1, 0.15) is 30.5 Å². The van der Waals surface area contributed by atoms with Gasteiger partial charge in [-0.1, -0.05) is 25.0 Å². The van der Waals surface area contributed by atoms with Gasteiger partial charge < -0.3 is 29.4 Å². The molecule has 3 heterocycles. The van der Waals surface area contributed by atoms with Gasteiger partial charge in [0.05, 0.1) is 37.3 Å². The van der Waals surface area contributed by atoms with Crippen LogP contribution in [-0.2, 0) is 9.53 Å². The summed E-state index contributed by atoms with van der Waals surface area (Å²) >= 11 is 0. The Morgan fingerprint density at radius 3 is 2.55 bits per heavy atom. The second kappa shape index (κ2) is 11.1. The normalized spacial score (nSPS) is 17.1. The maximum absolute atomic E-state index is 12.7. The number of nitrogens with two attached hydrogens (primary N) is 1. The van der Waals surface area contributed by atoms with E-state index in [1.54, 1.807) is 39.2 Å². The highest BCUT2D eigenvalue weighted by Gasteiger charge is 2.38. The number of ether oxygens (including phenoxy) is 3. The van der Waals surface area contributed by atoms with Crippen molar-refractivity contribution >= 4 is 28.7 Å². The van der Waals surface area contributed by atoms with Crippen LogP contribution in [0.3, 0.4) is 0 Å². The van der Waals surface area contributed by atoms with Crippen molar-refractivity contribution in [3.8, 4) is 23.3 Å². The first-order chi connectivity index (χ1) is 18.3. The summed E-state index contributed by atoms with van der Waals surface area (Å²) in [6.45, 7) is 9.85. The lowest BCUT2D eigenvalue weighted by Crippen LogP contribution is -2.36. The summed E-state index contributed by atoms with van der Waals surface area (Å²) in [6.07, 6.45) is 5.15. The molecule has 0 aliphatic carbocycles. The number of carbonyl (C=O) groups excluding carboxylic acids is 1. The van der Waals surface area contributed by atoms with Crippen LogP contribution in [-0.4, -0.2) is 65.1 Å². The molecule has 38 heavy (non-hydrogen) atoms. The van der Waals surface area contributed by atoms with Crippen LogP contribution in [0, 0.1) is 11.8 Å². The van der Waals surface area contributed by atoms with Crippen molar-refractivity contribution in [2.24, 2.45) is 4.99 Å². The minimum Gasteiger partial charge on any atom is -0.497 e. The fraction of sp³-hybridized carbons (Fsp3) is 0.286. The number of amides is 1. The zero-order valence-electron chi connectivity index (χ0n) is 21.9. The number of nitrogen functional groups attached to an aromatic ring is 1. The van der Waals surface area contributed by atoms with Gasteiger partial charge in [0.25, 0.3) is 0 Å². The summed E-state index contributed by atoms with van der Waals surface area (Å²) in [6, 6.07) is 4.90. The fourth-order valence-electron chi connectivity index (χ4n) is 4.49. The SMILES string of the molecule is C=CC(=O)N1C[C@@H](n2cc(C#Cc3cc(OC)cc(OC)c3)c3c(N)ncnc32)C[C@H]1C(=C)OC(C)=NC. The molecule has 0 unspecified atom stereocenters. The zero-order valence-corrected chi connectivity index (χ0v) is 21.9. The molecule has 3 aromatic rings.